The summed E-state index contributed by atoms with van der Waals surface area (Å²) in [6.45, 7) is 4.60. The number of amides is 1. The van der Waals surface area contributed by atoms with Crippen molar-refractivity contribution in [3.63, 3.8) is 0 Å². The highest BCUT2D eigenvalue weighted by Crippen LogP contribution is 2.44. The van der Waals surface area contributed by atoms with Gasteiger partial charge in [0.1, 0.15) is 6.61 Å². The van der Waals surface area contributed by atoms with E-state index < -0.39 is 0 Å². The van der Waals surface area contributed by atoms with Gasteiger partial charge in [0.25, 0.3) is 0 Å². The number of carbonyl (C=O) groups excluding carboxylic acids is 1. The Labute approximate surface area is 138 Å². The van der Waals surface area contributed by atoms with Gasteiger partial charge in [-0.2, -0.15) is 0 Å². The molecule has 4 heteroatoms. The van der Waals surface area contributed by atoms with Crippen LogP contribution < -0.4 is 0 Å². The van der Waals surface area contributed by atoms with Gasteiger partial charge in [-0.25, -0.2) is 4.79 Å². The Bertz CT molecular complexity index is 548. The minimum Gasteiger partial charge on any atom is -0.445 e. The number of benzene rings is 1. The van der Waals surface area contributed by atoms with Gasteiger partial charge in [-0.05, 0) is 49.6 Å². The van der Waals surface area contributed by atoms with Gasteiger partial charge in [0.15, 0.2) is 0 Å². The standard InChI is InChI=1S/C19H26N2O2/c22-18(23-14-16-4-2-1-3-5-16)20-11-8-19(9-12-20)10-13-21(15-19)17-6-7-17/h1-5,17H,6-15H2. The fraction of sp³-hybridized carbons (Fsp3) is 0.632. The second kappa shape index (κ2) is 6.16. The van der Waals surface area contributed by atoms with Gasteiger partial charge in [-0.3, -0.25) is 4.90 Å². The highest BCUT2D eigenvalue weighted by Gasteiger charge is 2.45. The molecule has 1 amide bonds. The zero-order valence-electron chi connectivity index (χ0n) is 13.7. The Balaban J connectivity index is 1.25. The molecule has 2 heterocycles. The molecular formula is C19H26N2O2. The molecule has 3 fully saturated rings. The zero-order valence-corrected chi connectivity index (χ0v) is 13.7. The minimum atomic E-state index is -0.152. The zero-order chi connectivity index (χ0) is 15.7. The van der Waals surface area contributed by atoms with E-state index in [0.29, 0.717) is 12.0 Å². The molecule has 2 aliphatic heterocycles. The third-order valence-electron chi connectivity index (χ3n) is 5.82. The van der Waals surface area contributed by atoms with Gasteiger partial charge >= 0.3 is 6.09 Å². The smallest absolute Gasteiger partial charge is 0.410 e. The van der Waals surface area contributed by atoms with Crippen molar-refractivity contribution in [2.75, 3.05) is 26.2 Å². The Morgan fingerprint density at radius 3 is 2.48 bits per heavy atom. The van der Waals surface area contributed by atoms with E-state index in [2.05, 4.69) is 4.90 Å². The lowest BCUT2D eigenvalue weighted by Gasteiger charge is -2.38. The summed E-state index contributed by atoms with van der Waals surface area (Å²) in [5.41, 5.74) is 1.52. The molecule has 4 nitrogen and oxygen atoms in total. The van der Waals surface area contributed by atoms with E-state index in [1.165, 1.54) is 32.4 Å². The molecule has 1 aromatic rings. The van der Waals surface area contributed by atoms with Crippen molar-refractivity contribution in [1.29, 1.82) is 0 Å². The van der Waals surface area contributed by atoms with Crippen molar-refractivity contribution in [3.05, 3.63) is 35.9 Å². The fourth-order valence-electron chi connectivity index (χ4n) is 4.10. The van der Waals surface area contributed by atoms with E-state index in [4.69, 9.17) is 4.74 Å². The number of rotatable bonds is 3. The number of nitrogens with zero attached hydrogens (tertiary/aromatic N) is 2. The fourth-order valence-corrected chi connectivity index (χ4v) is 4.10. The molecule has 1 aliphatic carbocycles. The quantitative estimate of drug-likeness (QED) is 0.858. The van der Waals surface area contributed by atoms with Gasteiger partial charge in [-0.15, -0.1) is 0 Å². The molecule has 4 rings (SSSR count). The van der Waals surface area contributed by atoms with Gasteiger partial charge in [0, 0.05) is 25.7 Å². The molecule has 1 spiro atoms. The van der Waals surface area contributed by atoms with Crippen LogP contribution in [0.1, 0.15) is 37.7 Å². The predicted molar refractivity (Wildman–Crippen MR) is 89.1 cm³/mol. The lowest BCUT2D eigenvalue weighted by Crippen LogP contribution is -2.44. The number of piperidine rings is 1. The van der Waals surface area contributed by atoms with Gasteiger partial charge < -0.3 is 9.64 Å². The maximum atomic E-state index is 12.3. The van der Waals surface area contributed by atoms with E-state index in [9.17, 15) is 4.79 Å². The van der Waals surface area contributed by atoms with Crippen molar-refractivity contribution >= 4 is 6.09 Å². The molecule has 2 saturated heterocycles. The highest BCUT2D eigenvalue weighted by molar-refractivity contribution is 5.67. The molecule has 1 aromatic carbocycles. The number of ether oxygens (including phenoxy) is 1. The summed E-state index contributed by atoms with van der Waals surface area (Å²) in [5, 5.41) is 0. The first-order chi connectivity index (χ1) is 11.2. The molecule has 0 N–H and O–H groups in total. The summed E-state index contributed by atoms with van der Waals surface area (Å²) in [7, 11) is 0. The molecule has 0 atom stereocenters. The van der Waals surface area contributed by atoms with E-state index in [1.54, 1.807) is 0 Å². The van der Waals surface area contributed by atoms with Crippen LogP contribution >= 0.6 is 0 Å². The van der Waals surface area contributed by atoms with Crippen molar-refractivity contribution in [2.45, 2.75) is 44.8 Å². The summed E-state index contributed by atoms with van der Waals surface area (Å²) in [6.07, 6.45) is 6.23. The number of likely N-dealkylation sites (tertiary alicyclic amines) is 2. The minimum absolute atomic E-state index is 0.152. The molecule has 0 radical (unpaired) electrons. The first kappa shape index (κ1) is 15.0. The largest absolute Gasteiger partial charge is 0.445 e. The van der Waals surface area contributed by atoms with Gasteiger partial charge in [0.05, 0.1) is 0 Å². The van der Waals surface area contributed by atoms with Crippen LogP contribution in [-0.4, -0.2) is 48.1 Å². The maximum Gasteiger partial charge on any atom is 0.410 e. The lowest BCUT2D eigenvalue weighted by molar-refractivity contribution is 0.0629. The Hall–Kier alpha value is -1.55. The van der Waals surface area contributed by atoms with Crippen molar-refractivity contribution in [2.24, 2.45) is 5.41 Å². The molecular weight excluding hydrogens is 288 g/mol. The van der Waals surface area contributed by atoms with Crippen LogP contribution in [0.4, 0.5) is 4.79 Å². The van der Waals surface area contributed by atoms with Crippen LogP contribution in [-0.2, 0) is 11.3 Å². The first-order valence-corrected chi connectivity index (χ1v) is 8.94. The van der Waals surface area contributed by atoms with E-state index in [0.717, 1.165) is 37.5 Å². The molecule has 1 saturated carbocycles. The van der Waals surface area contributed by atoms with Crippen LogP contribution in [0.25, 0.3) is 0 Å². The Morgan fingerprint density at radius 1 is 1.09 bits per heavy atom. The molecule has 3 aliphatic rings. The van der Waals surface area contributed by atoms with Crippen LogP contribution in [0.3, 0.4) is 0 Å². The second-order valence-corrected chi connectivity index (χ2v) is 7.48. The average Bonchev–Trinajstić information content (AvgIpc) is 3.37. The molecule has 0 bridgehead atoms. The monoisotopic (exact) mass is 314 g/mol. The number of carbonyl (C=O) groups is 1. The highest BCUT2D eigenvalue weighted by atomic mass is 16.6. The molecule has 0 unspecified atom stereocenters. The average molecular weight is 314 g/mol. The molecule has 0 aromatic heterocycles. The lowest BCUT2D eigenvalue weighted by atomic mass is 9.78. The summed E-state index contributed by atoms with van der Waals surface area (Å²) in [4.78, 5) is 16.8. The summed E-state index contributed by atoms with van der Waals surface area (Å²) < 4.78 is 5.46. The van der Waals surface area contributed by atoms with Crippen molar-refractivity contribution in [1.82, 2.24) is 9.80 Å². The van der Waals surface area contributed by atoms with Crippen LogP contribution in [0.15, 0.2) is 30.3 Å². The van der Waals surface area contributed by atoms with Crippen molar-refractivity contribution in [3.8, 4) is 0 Å². The second-order valence-electron chi connectivity index (χ2n) is 7.48. The Morgan fingerprint density at radius 2 is 1.78 bits per heavy atom. The van der Waals surface area contributed by atoms with Crippen LogP contribution in [0.2, 0.25) is 0 Å². The molecule has 124 valence electrons. The van der Waals surface area contributed by atoms with E-state index in [-0.39, 0.29) is 6.09 Å². The SMILES string of the molecule is O=C(OCc1ccccc1)N1CCC2(CC1)CCN(C1CC1)C2. The number of hydrogen-bond donors (Lipinski definition) is 0. The number of hydrogen-bond acceptors (Lipinski definition) is 3. The van der Waals surface area contributed by atoms with Crippen LogP contribution in [0, 0.1) is 5.41 Å². The topological polar surface area (TPSA) is 32.8 Å². The van der Waals surface area contributed by atoms with Crippen molar-refractivity contribution < 1.29 is 9.53 Å². The van der Waals surface area contributed by atoms with E-state index >= 15 is 0 Å². The Kier molecular flexibility index (Phi) is 4.02. The maximum absolute atomic E-state index is 12.3. The third kappa shape index (κ3) is 3.37. The summed E-state index contributed by atoms with van der Waals surface area (Å²) in [5.74, 6) is 0. The van der Waals surface area contributed by atoms with E-state index in [1.807, 2.05) is 35.2 Å². The summed E-state index contributed by atoms with van der Waals surface area (Å²) in [6, 6.07) is 10.8. The van der Waals surface area contributed by atoms with Gasteiger partial charge in [0.2, 0.25) is 0 Å². The first-order valence-electron chi connectivity index (χ1n) is 8.94. The predicted octanol–water partition coefficient (Wildman–Crippen LogP) is 3.27. The normalized spacial score (nSPS) is 24.1. The summed E-state index contributed by atoms with van der Waals surface area (Å²) >= 11 is 0. The van der Waals surface area contributed by atoms with Gasteiger partial charge in [-0.1, -0.05) is 30.3 Å². The third-order valence-corrected chi connectivity index (χ3v) is 5.82. The van der Waals surface area contributed by atoms with Crippen LogP contribution in [0.5, 0.6) is 0 Å². The molecule has 23 heavy (non-hydrogen) atoms.